The number of nitrogens with one attached hydrogen (secondary N) is 1. The Balaban J connectivity index is 4.32. The molecule has 0 fully saturated rings. The zero-order valence-corrected chi connectivity index (χ0v) is 7.82. The summed E-state index contributed by atoms with van der Waals surface area (Å²) in [7, 11) is -4.95. The zero-order chi connectivity index (χ0) is 11.4. The predicted octanol–water partition coefficient (Wildman–Crippen LogP) is -6.76. The monoisotopic (exact) mass is 224 g/mol. The topological polar surface area (TPSA) is 148 Å². The van der Waals surface area contributed by atoms with Crippen molar-refractivity contribution in [3.8, 4) is 0 Å². The van der Waals surface area contributed by atoms with Crippen molar-refractivity contribution in [2.45, 2.75) is 0 Å². The smallest absolute Gasteiger partial charge is 0.118 e. The van der Waals surface area contributed by atoms with E-state index in [-0.39, 0.29) is 0 Å². The van der Waals surface area contributed by atoms with Crippen LogP contribution in [0, 0.1) is 0 Å². The third-order valence-corrected chi connectivity index (χ3v) is 2.04. The third-order valence-electron chi connectivity index (χ3n) is 1.21. The number of carbonyl (C=O) groups is 2. The fraction of sp³-hybridized carbons (Fsp3) is 0.600. The number of carboxylic acids is 2. The largest absolute Gasteiger partial charge is 0.807 e. The summed E-state index contributed by atoms with van der Waals surface area (Å²) in [6.07, 6.45) is -1.10. The van der Waals surface area contributed by atoms with Gasteiger partial charge in [-0.3, -0.25) is 0 Å². The van der Waals surface area contributed by atoms with E-state index in [4.69, 9.17) is 0 Å². The minimum Gasteiger partial charge on any atom is -0.807 e. The Kier molecular flexibility index (Phi) is 4.72. The summed E-state index contributed by atoms with van der Waals surface area (Å²) in [6, 6.07) is 0. The molecule has 0 aromatic carbocycles. The fourth-order valence-corrected chi connectivity index (χ4v) is 1.63. The van der Waals surface area contributed by atoms with Gasteiger partial charge in [0, 0.05) is 0 Å². The first-order valence-corrected chi connectivity index (χ1v) is 5.18. The van der Waals surface area contributed by atoms with Gasteiger partial charge in [0.05, 0.1) is 11.9 Å². The number of hydrogen-bond donors (Lipinski definition) is 1. The maximum Gasteiger partial charge on any atom is 0.118 e. The number of hydrogen-bond acceptors (Lipinski definition) is 7. The van der Waals surface area contributed by atoms with Gasteiger partial charge in [0.2, 0.25) is 0 Å². The highest BCUT2D eigenvalue weighted by atomic mass is 31.2. The van der Waals surface area contributed by atoms with Crippen LogP contribution in [0.25, 0.3) is 0 Å². The normalized spacial score (nSPS) is 11.6. The number of carbonyl (C=O) groups excluding carboxylic acids is 2. The molecule has 0 unspecified atom stereocenters. The molecule has 0 saturated heterocycles. The van der Waals surface area contributed by atoms with Crippen LogP contribution < -0.4 is 24.9 Å². The van der Waals surface area contributed by atoms with Crippen LogP contribution in [0.1, 0.15) is 0 Å². The van der Waals surface area contributed by atoms with Crippen LogP contribution in [0.15, 0.2) is 0 Å². The zero-order valence-electron chi connectivity index (χ0n) is 6.93. The predicted molar refractivity (Wildman–Crippen MR) is 33.2 cm³/mol. The Morgan fingerprint density at radius 2 is 1.43 bits per heavy atom. The Morgan fingerprint density at radius 3 is 1.64 bits per heavy atom. The van der Waals surface area contributed by atoms with Gasteiger partial charge in [-0.1, -0.05) is 0 Å². The first kappa shape index (κ1) is 13.1. The number of carboxylic acid groups (broad SMARTS) is 2. The van der Waals surface area contributed by atoms with Crippen molar-refractivity contribution in [3.05, 3.63) is 0 Å². The van der Waals surface area contributed by atoms with E-state index in [1.54, 1.807) is 0 Å². The van der Waals surface area contributed by atoms with Crippen LogP contribution >= 0.6 is 7.60 Å². The van der Waals surface area contributed by atoms with Crippen LogP contribution in [-0.4, -0.2) is 31.3 Å². The lowest BCUT2D eigenvalue weighted by Gasteiger charge is -2.33. The molecule has 0 radical (unpaired) electrons. The summed E-state index contributed by atoms with van der Waals surface area (Å²) in [6.45, 7) is -1.75. The second kappa shape index (κ2) is 5.06. The summed E-state index contributed by atoms with van der Waals surface area (Å²) in [5.74, 6) is -3.29. The molecular weight excluding hydrogens is 217 g/mol. The van der Waals surface area contributed by atoms with Gasteiger partial charge in [-0.2, -0.15) is 0 Å². The highest BCUT2D eigenvalue weighted by Crippen LogP contribution is 2.17. The van der Waals surface area contributed by atoms with E-state index < -0.39 is 43.8 Å². The summed E-state index contributed by atoms with van der Waals surface area (Å²) in [4.78, 5) is 40.1. The average molecular weight is 224 g/mol. The molecule has 0 aliphatic carbocycles. The van der Waals surface area contributed by atoms with Gasteiger partial charge in [0.15, 0.2) is 0 Å². The van der Waals surface area contributed by atoms with E-state index in [1.165, 1.54) is 0 Å². The third kappa shape index (κ3) is 7.69. The van der Waals surface area contributed by atoms with Crippen molar-refractivity contribution in [1.82, 2.24) is 0 Å². The molecule has 0 aliphatic rings. The molecule has 9 heteroatoms. The maximum absolute atomic E-state index is 10.2. The van der Waals surface area contributed by atoms with Gasteiger partial charge in [-0.25, -0.2) is 0 Å². The van der Waals surface area contributed by atoms with Crippen molar-refractivity contribution in [3.63, 3.8) is 0 Å². The molecule has 1 N–H and O–H groups in total. The van der Waals surface area contributed by atoms with Crippen molar-refractivity contribution in [2.24, 2.45) is 0 Å². The van der Waals surface area contributed by atoms with Crippen LogP contribution in [0.2, 0.25) is 0 Å². The molecule has 8 nitrogen and oxygen atoms in total. The van der Waals surface area contributed by atoms with Crippen LogP contribution in [0.4, 0.5) is 0 Å². The second-order valence-corrected chi connectivity index (χ2v) is 4.15. The Bertz CT molecular complexity index is 255. The van der Waals surface area contributed by atoms with Crippen molar-refractivity contribution >= 4 is 19.5 Å². The van der Waals surface area contributed by atoms with Gasteiger partial charge in [0.25, 0.3) is 0 Å². The Morgan fingerprint density at radius 1 is 1.07 bits per heavy atom. The summed E-state index contributed by atoms with van der Waals surface area (Å²) < 4.78 is 10.2. The maximum atomic E-state index is 10.2. The molecule has 0 aromatic heterocycles. The fourth-order valence-electron chi connectivity index (χ4n) is 0.856. The quantitative estimate of drug-likeness (QED) is 0.440. The lowest BCUT2D eigenvalue weighted by molar-refractivity contribution is -0.879. The summed E-state index contributed by atoms with van der Waals surface area (Å²) >= 11 is 0. The number of rotatable bonds is 6. The molecule has 0 spiro atoms. The minimum absolute atomic E-state index is 0.446. The Hall–Kier alpha value is -0.950. The van der Waals surface area contributed by atoms with Gasteiger partial charge < -0.3 is 39.1 Å². The van der Waals surface area contributed by atoms with E-state index >= 15 is 0 Å². The SMILES string of the molecule is O=C([O-])C[NH+](CC(=O)[O-])CP(=O)([O-])[O-]. The molecule has 82 valence electrons. The van der Waals surface area contributed by atoms with Gasteiger partial charge in [0.1, 0.15) is 19.4 Å². The summed E-state index contributed by atoms with van der Waals surface area (Å²) in [5.41, 5.74) is 0. The standard InChI is InChI=1S/C5H10NO7P/c7-4(8)1-6(2-5(9)10)3-14(11,12)13/h1-3H2,(H,7,8)(H,9,10)(H2,11,12,13)/p-3. The first-order valence-electron chi connectivity index (χ1n) is 3.45. The number of quaternary nitrogens is 1. The van der Waals surface area contributed by atoms with Gasteiger partial charge in [-0.05, 0) is 7.60 Å². The molecule has 0 atom stereocenters. The lowest BCUT2D eigenvalue weighted by atomic mass is 10.5. The van der Waals surface area contributed by atoms with Crippen molar-refractivity contribution in [1.29, 1.82) is 0 Å². The van der Waals surface area contributed by atoms with E-state index in [0.717, 1.165) is 0 Å². The number of aliphatic carboxylic acids is 2. The van der Waals surface area contributed by atoms with Crippen LogP contribution in [0.5, 0.6) is 0 Å². The molecule has 0 aliphatic heterocycles. The van der Waals surface area contributed by atoms with E-state index in [2.05, 4.69) is 0 Å². The van der Waals surface area contributed by atoms with Gasteiger partial charge in [-0.15, -0.1) is 0 Å². The molecule has 0 heterocycles. The summed E-state index contributed by atoms with van der Waals surface area (Å²) in [5, 5.41) is 20.1. The molecule has 14 heavy (non-hydrogen) atoms. The van der Waals surface area contributed by atoms with Gasteiger partial charge >= 0.3 is 0 Å². The van der Waals surface area contributed by atoms with E-state index in [1.807, 2.05) is 0 Å². The Labute approximate surface area is 78.9 Å². The van der Waals surface area contributed by atoms with Crippen LogP contribution in [0.3, 0.4) is 0 Å². The van der Waals surface area contributed by atoms with E-state index in [9.17, 15) is 34.2 Å². The second-order valence-electron chi connectivity index (χ2n) is 2.62. The molecule has 0 saturated carbocycles. The average Bonchev–Trinajstić information content (AvgIpc) is 1.77. The van der Waals surface area contributed by atoms with Crippen molar-refractivity contribution in [2.75, 3.05) is 19.4 Å². The minimum atomic E-state index is -4.95. The molecule has 0 amide bonds. The molecule has 0 aromatic rings. The molecule has 0 rings (SSSR count). The van der Waals surface area contributed by atoms with Crippen molar-refractivity contribution < 1.29 is 39.1 Å². The lowest BCUT2D eigenvalue weighted by Crippen LogP contribution is -3.14. The van der Waals surface area contributed by atoms with E-state index in [0.29, 0.717) is 0 Å². The highest BCUT2D eigenvalue weighted by Gasteiger charge is 2.10. The molecule has 0 bridgehead atoms. The highest BCUT2D eigenvalue weighted by molar-refractivity contribution is 7.48. The first-order chi connectivity index (χ1) is 6.20. The molecular formula is C5H7NO7P-3. The van der Waals surface area contributed by atoms with Crippen LogP contribution in [-0.2, 0) is 14.2 Å².